The first-order valence-electron chi connectivity index (χ1n) is 9.57. The van der Waals surface area contributed by atoms with E-state index in [1.54, 1.807) is 13.3 Å². The summed E-state index contributed by atoms with van der Waals surface area (Å²) in [6.07, 6.45) is 5.47. The summed E-state index contributed by atoms with van der Waals surface area (Å²) in [5.41, 5.74) is 3.14. The molecule has 30 heavy (non-hydrogen) atoms. The number of nitrogens with one attached hydrogen (secondary N) is 2. The van der Waals surface area contributed by atoms with Gasteiger partial charge in [0.15, 0.2) is 0 Å². The van der Waals surface area contributed by atoms with E-state index in [9.17, 15) is 4.79 Å². The molecule has 0 aliphatic rings. The van der Waals surface area contributed by atoms with Crippen LogP contribution in [0, 0.1) is 0 Å². The van der Waals surface area contributed by atoms with Gasteiger partial charge in [0.25, 0.3) is 5.91 Å². The van der Waals surface area contributed by atoms with Gasteiger partial charge < -0.3 is 15.4 Å². The fourth-order valence-corrected chi connectivity index (χ4v) is 3.09. The number of hydrogen-bond acceptors (Lipinski definition) is 6. The number of benzene rings is 2. The number of hydrogen-bond donors (Lipinski definition) is 2. The molecule has 0 radical (unpaired) electrons. The van der Waals surface area contributed by atoms with E-state index in [0.29, 0.717) is 24.5 Å². The lowest BCUT2D eigenvalue weighted by molar-refractivity contribution is 0.0953. The van der Waals surface area contributed by atoms with Gasteiger partial charge in [0.05, 0.1) is 23.9 Å². The summed E-state index contributed by atoms with van der Waals surface area (Å²) in [5, 5.41) is 7.07. The number of amides is 1. The zero-order valence-electron chi connectivity index (χ0n) is 16.5. The molecule has 0 saturated heterocycles. The quantitative estimate of drug-likeness (QED) is 0.492. The summed E-state index contributed by atoms with van der Waals surface area (Å²) < 4.78 is 5.22. The molecule has 0 fully saturated rings. The van der Waals surface area contributed by atoms with E-state index in [0.717, 1.165) is 27.9 Å². The van der Waals surface area contributed by atoms with E-state index in [4.69, 9.17) is 4.74 Å². The fourth-order valence-electron chi connectivity index (χ4n) is 3.09. The third-order valence-corrected chi connectivity index (χ3v) is 4.63. The molecule has 2 heterocycles. The van der Waals surface area contributed by atoms with Crippen LogP contribution in [0.3, 0.4) is 0 Å². The van der Waals surface area contributed by atoms with Crippen molar-refractivity contribution in [3.8, 4) is 5.75 Å². The molecule has 150 valence electrons. The average molecular weight is 399 g/mol. The van der Waals surface area contributed by atoms with Crippen LogP contribution in [-0.2, 0) is 6.42 Å². The zero-order chi connectivity index (χ0) is 20.8. The lowest BCUT2D eigenvalue weighted by atomic mass is 10.1. The van der Waals surface area contributed by atoms with Crippen LogP contribution in [0.25, 0.3) is 10.9 Å². The molecule has 0 atom stereocenters. The maximum Gasteiger partial charge on any atom is 0.254 e. The van der Waals surface area contributed by atoms with Gasteiger partial charge in [-0.05, 0) is 36.2 Å². The Hall–Kier alpha value is -4.00. The fraction of sp³-hybridized carbons (Fsp3) is 0.130. The summed E-state index contributed by atoms with van der Waals surface area (Å²) in [5.74, 6) is 0.995. The molecule has 0 spiro atoms. The molecule has 4 aromatic rings. The minimum Gasteiger partial charge on any atom is -0.497 e. The van der Waals surface area contributed by atoms with E-state index in [2.05, 4.69) is 25.6 Å². The molecule has 2 N–H and O–H groups in total. The molecule has 7 heteroatoms. The third-order valence-electron chi connectivity index (χ3n) is 4.63. The Morgan fingerprint density at radius 3 is 2.63 bits per heavy atom. The van der Waals surface area contributed by atoms with E-state index < -0.39 is 0 Å². The van der Waals surface area contributed by atoms with Gasteiger partial charge in [0.1, 0.15) is 5.75 Å². The smallest absolute Gasteiger partial charge is 0.254 e. The Morgan fingerprint density at radius 2 is 1.80 bits per heavy atom. The second kappa shape index (κ2) is 9.00. The highest BCUT2D eigenvalue weighted by atomic mass is 16.5. The van der Waals surface area contributed by atoms with Crippen LogP contribution in [0.4, 0.5) is 11.6 Å². The number of rotatable bonds is 7. The van der Waals surface area contributed by atoms with Crippen molar-refractivity contribution in [2.45, 2.75) is 6.42 Å². The van der Waals surface area contributed by atoms with Crippen LogP contribution >= 0.6 is 0 Å². The summed E-state index contributed by atoms with van der Waals surface area (Å²) in [7, 11) is 1.64. The van der Waals surface area contributed by atoms with Gasteiger partial charge in [-0.15, -0.1) is 0 Å². The number of fused-ring (bicyclic) bond motifs is 1. The lowest BCUT2D eigenvalue weighted by Gasteiger charge is -2.09. The van der Waals surface area contributed by atoms with Crippen LogP contribution in [0.1, 0.15) is 15.9 Å². The number of anilines is 2. The van der Waals surface area contributed by atoms with Crippen molar-refractivity contribution in [3.05, 3.63) is 84.3 Å². The van der Waals surface area contributed by atoms with E-state index >= 15 is 0 Å². The highest BCUT2D eigenvalue weighted by molar-refractivity contribution is 5.94. The summed E-state index contributed by atoms with van der Waals surface area (Å²) in [4.78, 5) is 25.3. The third kappa shape index (κ3) is 4.52. The molecular formula is C23H21N5O2. The number of ether oxygens (including phenoxy) is 1. The van der Waals surface area contributed by atoms with Crippen molar-refractivity contribution in [2.75, 3.05) is 19.0 Å². The average Bonchev–Trinajstić information content (AvgIpc) is 2.80. The van der Waals surface area contributed by atoms with Gasteiger partial charge in [-0.3, -0.25) is 9.78 Å². The molecule has 1 amide bonds. The Kier molecular flexibility index (Phi) is 5.80. The molecule has 2 aromatic carbocycles. The maximum atomic E-state index is 12.4. The minimum atomic E-state index is -0.212. The van der Waals surface area contributed by atoms with Crippen molar-refractivity contribution in [1.29, 1.82) is 0 Å². The maximum absolute atomic E-state index is 12.4. The molecule has 2 aromatic heterocycles. The topological polar surface area (TPSA) is 89.0 Å². The number of nitrogens with zero attached hydrogens (tertiary/aromatic N) is 3. The van der Waals surface area contributed by atoms with Crippen molar-refractivity contribution in [2.24, 2.45) is 0 Å². The monoisotopic (exact) mass is 399 g/mol. The molecule has 0 saturated carbocycles. The molecule has 7 nitrogen and oxygen atoms in total. The highest BCUT2D eigenvalue weighted by Gasteiger charge is 2.08. The van der Waals surface area contributed by atoms with Gasteiger partial charge in [-0.2, -0.15) is 0 Å². The first-order valence-corrected chi connectivity index (χ1v) is 9.57. The second-order valence-electron chi connectivity index (χ2n) is 6.66. The molecular weight excluding hydrogens is 378 g/mol. The van der Waals surface area contributed by atoms with Gasteiger partial charge in [-0.25, -0.2) is 9.97 Å². The van der Waals surface area contributed by atoms with Gasteiger partial charge in [0.2, 0.25) is 5.95 Å². The van der Waals surface area contributed by atoms with Crippen molar-refractivity contribution < 1.29 is 9.53 Å². The Morgan fingerprint density at radius 1 is 1.00 bits per heavy atom. The number of aromatic nitrogens is 3. The standard InChI is InChI=1S/C23H21N5O2/c1-30-19-8-2-5-16(13-19)10-12-25-22(29)18-14-26-23(27-15-18)28-20-9-3-6-17-7-4-11-24-21(17)20/h2-9,11,13-15H,10,12H2,1H3,(H,25,29)(H,26,27,28). The first kappa shape index (κ1) is 19.3. The van der Waals surface area contributed by atoms with E-state index in [-0.39, 0.29) is 5.91 Å². The Balaban J connectivity index is 1.36. The predicted octanol–water partition coefficient (Wildman–Crippen LogP) is 3.75. The summed E-state index contributed by atoms with van der Waals surface area (Å²) in [6, 6.07) is 17.5. The van der Waals surface area contributed by atoms with Crippen molar-refractivity contribution in [3.63, 3.8) is 0 Å². The Labute approximate surface area is 174 Å². The van der Waals surface area contributed by atoms with Crippen LogP contribution < -0.4 is 15.4 Å². The number of carbonyl (C=O) groups excluding carboxylic acids is 1. The van der Waals surface area contributed by atoms with Gasteiger partial charge in [-0.1, -0.05) is 30.3 Å². The summed E-state index contributed by atoms with van der Waals surface area (Å²) in [6.45, 7) is 0.508. The Bertz CT molecular complexity index is 1160. The molecule has 0 aliphatic carbocycles. The second-order valence-corrected chi connectivity index (χ2v) is 6.66. The van der Waals surface area contributed by atoms with Crippen LogP contribution in [0.5, 0.6) is 5.75 Å². The normalized spacial score (nSPS) is 10.6. The number of pyridine rings is 1. The molecule has 4 rings (SSSR count). The van der Waals surface area contributed by atoms with Crippen molar-refractivity contribution >= 4 is 28.4 Å². The SMILES string of the molecule is COc1cccc(CCNC(=O)c2cnc(Nc3cccc4cccnc34)nc2)c1. The molecule has 0 bridgehead atoms. The van der Waals surface area contributed by atoms with Crippen LogP contribution in [0.2, 0.25) is 0 Å². The van der Waals surface area contributed by atoms with Crippen molar-refractivity contribution in [1.82, 2.24) is 20.3 Å². The lowest BCUT2D eigenvalue weighted by Crippen LogP contribution is -2.26. The van der Waals surface area contributed by atoms with Crippen LogP contribution in [-0.4, -0.2) is 34.5 Å². The predicted molar refractivity (Wildman–Crippen MR) is 116 cm³/mol. The highest BCUT2D eigenvalue weighted by Crippen LogP contribution is 2.22. The molecule has 0 aliphatic heterocycles. The van der Waals surface area contributed by atoms with E-state index in [1.807, 2.05) is 54.6 Å². The first-order chi connectivity index (χ1) is 14.7. The summed E-state index contributed by atoms with van der Waals surface area (Å²) >= 11 is 0. The van der Waals surface area contributed by atoms with Gasteiger partial charge >= 0.3 is 0 Å². The number of carbonyl (C=O) groups is 1. The largest absolute Gasteiger partial charge is 0.497 e. The number of methoxy groups -OCH3 is 1. The number of para-hydroxylation sites is 1. The van der Waals surface area contributed by atoms with E-state index in [1.165, 1.54) is 12.4 Å². The zero-order valence-corrected chi connectivity index (χ0v) is 16.5. The van der Waals surface area contributed by atoms with Crippen LogP contribution in [0.15, 0.2) is 73.2 Å². The molecule has 0 unspecified atom stereocenters. The van der Waals surface area contributed by atoms with Gasteiger partial charge in [0, 0.05) is 30.5 Å². The minimum absolute atomic E-state index is 0.212.